The number of amides is 1. The van der Waals surface area contributed by atoms with Crippen LogP contribution >= 0.6 is 0 Å². The van der Waals surface area contributed by atoms with E-state index in [1.807, 2.05) is 0 Å². The Balaban J connectivity index is 1.58. The summed E-state index contributed by atoms with van der Waals surface area (Å²) < 4.78 is 19.3. The van der Waals surface area contributed by atoms with Crippen molar-refractivity contribution in [2.24, 2.45) is 0 Å². The fourth-order valence-corrected chi connectivity index (χ4v) is 3.17. The summed E-state index contributed by atoms with van der Waals surface area (Å²) in [6.07, 6.45) is 2.32. The van der Waals surface area contributed by atoms with E-state index in [0.29, 0.717) is 29.9 Å². The van der Waals surface area contributed by atoms with Gasteiger partial charge in [0.1, 0.15) is 5.82 Å². The van der Waals surface area contributed by atoms with Crippen LogP contribution in [0.2, 0.25) is 0 Å². The van der Waals surface area contributed by atoms with Crippen LogP contribution in [0.5, 0.6) is 0 Å². The molecule has 27 heavy (non-hydrogen) atoms. The zero-order valence-corrected chi connectivity index (χ0v) is 14.6. The summed E-state index contributed by atoms with van der Waals surface area (Å²) in [6, 6.07) is 12.7. The number of carbonyl (C=O) groups is 2. The Morgan fingerprint density at radius 3 is 2.63 bits per heavy atom. The summed E-state index contributed by atoms with van der Waals surface area (Å²) in [7, 11) is 1.34. The van der Waals surface area contributed by atoms with Crippen molar-refractivity contribution in [2.75, 3.05) is 18.6 Å². The molecule has 0 saturated carbocycles. The minimum Gasteiger partial charge on any atom is -0.465 e. The first-order valence-corrected chi connectivity index (χ1v) is 8.41. The summed E-state index contributed by atoms with van der Waals surface area (Å²) in [5.41, 5.74) is 3.11. The van der Waals surface area contributed by atoms with Crippen LogP contribution in [-0.2, 0) is 11.2 Å². The van der Waals surface area contributed by atoms with Crippen LogP contribution in [0.25, 0.3) is 5.69 Å². The highest BCUT2D eigenvalue weighted by molar-refractivity contribution is 6.06. The van der Waals surface area contributed by atoms with Gasteiger partial charge >= 0.3 is 5.97 Å². The van der Waals surface area contributed by atoms with Crippen molar-refractivity contribution < 1.29 is 18.7 Å². The van der Waals surface area contributed by atoms with Crippen molar-refractivity contribution >= 4 is 17.6 Å². The van der Waals surface area contributed by atoms with E-state index in [9.17, 15) is 14.0 Å². The smallest absolute Gasteiger partial charge is 0.337 e. The molecule has 7 heteroatoms. The monoisotopic (exact) mass is 365 g/mol. The van der Waals surface area contributed by atoms with Gasteiger partial charge in [0.15, 0.2) is 5.69 Å². The number of rotatable bonds is 3. The van der Waals surface area contributed by atoms with E-state index in [0.717, 1.165) is 11.3 Å². The lowest BCUT2D eigenvalue weighted by Gasteiger charge is -2.16. The molecule has 0 spiro atoms. The van der Waals surface area contributed by atoms with Gasteiger partial charge in [-0.25, -0.2) is 13.9 Å². The number of hydrogen-bond acceptors (Lipinski definition) is 4. The van der Waals surface area contributed by atoms with Crippen LogP contribution in [-0.4, -0.2) is 35.3 Å². The average Bonchev–Trinajstić information content (AvgIpc) is 3.34. The SMILES string of the molecule is COC(=O)c1ccc2c(c1)CCN2C(=O)c1ccn(-c2ccc(F)cc2)n1. The molecule has 0 radical (unpaired) electrons. The van der Waals surface area contributed by atoms with E-state index in [1.54, 1.807) is 47.5 Å². The molecule has 2 aromatic carbocycles. The number of aromatic nitrogens is 2. The molecule has 0 atom stereocenters. The van der Waals surface area contributed by atoms with E-state index in [1.165, 1.54) is 23.9 Å². The van der Waals surface area contributed by atoms with Crippen LogP contribution < -0.4 is 4.90 Å². The first-order chi connectivity index (χ1) is 13.1. The van der Waals surface area contributed by atoms with Gasteiger partial charge in [0.25, 0.3) is 5.91 Å². The summed E-state index contributed by atoms with van der Waals surface area (Å²) in [4.78, 5) is 26.2. The highest BCUT2D eigenvalue weighted by atomic mass is 19.1. The fourth-order valence-electron chi connectivity index (χ4n) is 3.17. The lowest BCUT2D eigenvalue weighted by Crippen LogP contribution is -2.29. The van der Waals surface area contributed by atoms with E-state index >= 15 is 0 Å². The van der Waals surface area contributed by atoms with E-state index in [-0.39, 0.29) is 11.7 Å². The topological polar surface area (TPSA) is 64.4 Å². The number of carbonyl (C=O) groups excluding carboxylic acids is 2. The molecule has 4 rings (SSSR count). The van der Waals surface area contributed by atoms with Gasteiger partial charge in [-0.15, -0.1) is 0 Å². The zero-order valence-electron chi connectivity index (χ0n) is 14.6. The second-order valence-electron chi connectivity index (χ2n) is 6.16. The molecule has 0 unspecified atom stereocenters. The Morgan fingerprint density at radius 1 is 1.11 bits per heavy atom. The standard InChI is InChI=1S/C20H16FN3O3/c1-27-20(26)14-2-7-18-13(12-14)8-10-23(18)19(25)17-9-11-24(22-17)16-5-3-15(21)4-6-16/h2-7,9,11-12H,8,10H2,1H3. The maximum atomic E-state index is 13.1. The van der Waals surface area contributed by atoms with Gasteiger partial charge in [-0.2, -0.15) is 5.10 Å². The van der Waals surface area contributed by atoms with Gasteiger partial charge in [0.05, 0.1) is 18.4 Å². The highest BCUT2D eigenvalue weighted by Crippen LogP contribution is 2.30. The number of benzene rings is 2. The Labute approximate surface area is 154 Å². The highest BCUT2D eigenvalue weighted by Gasteiger charge is 2.27. The van der Waals surface area contributed by atoms with Crippen LogP contribution in [0.3, 0.4) is 0 Å². The molecule has 1 aromatic heterocycles. The normalized spacial score (nSPS) is 12.7. The Morgan fingerprint density at radius 2 is 1.89 bits per heavy atom. The summed E-state index contributed by atoms with van der Waals surface area (Å²) >= 11 is 0. The first-order valence-electron chi connectivity index (χ1n) is 8.41. The Bertz CT molecular complexity index is 1030. The third-order valence-electron chi connectivity index (χ3n) is 4.54. The minimum atomic E-state index is -0.402. The molecule has 0 bridgehead atoms. The van der Waals surface area contributed by atoms with E-state index in [4.69, 9.17) is 4.74 Å². The molecule has 136 valence electrons. The predicted octanol–water partition coefficient (Wildman–Crippen LogP) is 3.00. The molecule has 1 aliphatic rings. The molecule has 1 aliphatic heterocycles. The molecule has 2 heterocycles. The van der Waals surface area contributed by atoms with Gasteiger partial charge in [0.2, 0.25) is 0 Å². The quantitative estimate of drug-likeness (QED) is 0.670. The summed E-state index contributed by atoms with van der Waals surface area (Å²) in [5, 5.41) is 4.32. The summed E-state index contributed by atoms with van der Waals surface area (Å²) in [6.45, 7) is 0.516. The molecule has 3 aromatic rings. The number of halogens is 1. The molecule has 6 nitrogen and oxygen atoms in total. The number of esters is 1. The minimum absolute atomic E-state index is 0.222. The van der Waals surface area contributed by atoms with Crippen LogP contribution in [0.1, 0.15) is 26.4 Å². The van der Waals surface area contributed by atoms with E-state index < -0.39 is 5.97 Å². The number of methoxy groups -OCH3 is 1. The second-order valence-corrected chi connectivity index (χ2v) is 6.16. The third kappa shape index (κ3) is 3.08. The fraction of sp³-hybridized carbons (Fsp3) is 0.150. The second kappa shape index (κ2) is 6.68. The zero-order chi connectivity index (χ0) is 19.0. The number of ether oxygens (including phenoxy) is 1. The van der Waals surface area contributed by atoms with Gasteiger partial charge < -0.3 is 9.64 Å². The number of fused-ring (bicyclic) bond motifs is 1. The average molecular weight is 365 g/mol. The van der Waals surface area contributed by atoms with Crippen molar-refractivity contribution in [3.63, 3.8) is 0 Å². The van der Waals surface area contributed by atoms with Crippen molar-refractivity contribution in [1.82, 2.24) is 9.78 Å². The molecule has 0 aliphatic carbocycles. The molecule has 0 N–H and O–H groups in total. The first kappa shape index (κ1) is 17.0. The van der Waals surface area contributed by atoms with Crippen molar-refractivity contribution in [3.05, 3.63) is 77.4 Å². The largest absolute Gasteiger partial charge is 0.465 e. The van der Waals surface area contributed by atoms with Gasteiger partial charge in [-0.1, -0.05) is 0 Å². The van der Waals surface area contributed by atoms with Crippen LogP contribution in [0.4, 0.5) is 10.1 Å². The van der Waals surface area contributed by atoms with Gasteiger partial charge in [0, 0.05) is 18.4 Å². The predicted molar refractivity (Wildman–Crippen MR) is 96.7 cm³/mol. The van der Waals surface area contributed by atoms with Crippen molar-refractivity contribution in [2.45, 2.75) is 6.42 Å². The maximum absolute atomic E-state index is 13.1. The van der Waals surface area contributed by atoms with Crippen LogP contribution in [0.15, 0.2) is 54.7 Å². The van der Waals surface area contributed by atoms with Gasteiger partial charge in [-0.3, -0.25) is 4.79 Å². The number of nitrogens with zero attached hydrogens (tertiary/aromatic N) is 3. The maximum Gasteiger partial charge on any atom is 0.337 e. The van der Waals surface area contributed by atoms with E-state index in [2.05, 4.69) is 5.10 Å². The molecule has 0 saturated heterocycles. The molecule has 1 amide bonds. The molecule has 0 fully saturated rings. The summed E-state index contributed by atoms with van der Waals surface area (Å²) in [5.74, 6) is -0.955. The Hall–Kier alpha value is -3.48. The van der Waals surface area contributed by atoms with Gasteiger partial charge in [-0.05, 0) is 60.5 Å². The van der Waals surface area contributed by atoms with Crippen LogP contribution in [0, 0.1) is 5.82 Å². The van der Waals surface area contributed by atoms with Crippen molar-refractivity contribution in [1.29, 1.82) is 0 Å². The number of hydrogen-bond donors (Lipinski definition) is 0. The lowest BCUT2D eigenvalue weighted by molar-refractivity contribution is 0.0600. The third-order valence-corrected chi connectivity index (χ3v) is 4.54. The molecular weight excluding hydrogens is 349 g/mol. The van der Waals surface area contributed by atoms with Crippen molar-refractivity contribution in [3.8, 4) is 5.69 Å². The lowest BCUT2D eigenvalue weighted by atomic mass is 10.1. The Kier molecular flexibility index (Phi) is 4.19. The number of anilines is 1. The molecular formula is C20H16FN3O3.